The molecule has 0 saturated heterocycles. The number of pyridine rings is 1. The largest absolute Gasteiger partial charge is 0.492 e. The van der Waals surface area contributed by atoms with Crippen LogP contribution in [-0.2, 0) is 6.42 Å². The van der Waals surface area contributed by atoms with Gasteiger partial charge < -0.3 is 4.74 Å². The molecule has 4 nitrogen and oxygen atoms in total. The fourth-order valence-corrected chi connectivity index (χ4v) is 3.37. The molecule has 2 heterocycles. The molecule has 0 unspecified atom stereocenters. The summed E-state index contributed by atoms with van der Waals surface area (Å²) in [5.41, 5.74) is 1.73. The van der Waals surface area contributed by atoms with Gasteiger partial charge in [-0.1, -0.05) is 12.1 Å². The van der Waals surface area contributed by atoms with Crippen molar-refractivity contribution < 1.29 is 13.8 Å². The van der Waals surface area contributed by atoms with Crippen LogP contribution in [0.25, 0.3) is 6.08 Å². The van der Waals surface area contributed by atoms with E-state index in [1.54, 1.807) is 24.4 Å². The molecular formula is C15H15NO3S. The minimum Gasteiger partial charge on any atom is -0.492 e. The summed E-state index contributed by atoms with van der Waals surface area (Å²) < 4.78 is 25.5. The molecule has 0 radical (unpaired) electrons. The Hall–Kier alpha value is -1.82. The minimum absolute atomic E-state index is 0.500. The molecule has 2 N–H and O–H groups in total. The van der Waals surface area contributed by atoms with E-state index in [-0.39, 0.29) is 0 Å². The molecule has 0 fully saturated rings. The van der Waals surface area contributed by atoms with Gasteiger partial charge in [0.15, 0.2) is 0 Å². The number of rotatable bonds is 4. The summed E-state index contributed by atoms with van der Waals surface area (Å²) in [6, 6.07) is 11.1. The molecule has 1 aliphatic rings. The van der Waals surface area contributed by atoms with Gasteiger partial charge in [0.1, 0.15) is 5.75 Å². The predicted molar refractivity (Wildman–Crippen MR) is 80.0 cm³/mol. The molecular weight excluding hydrogens is 274 g/mol. The molecule has 1 aliphatic heterocycles. The third-order valence-corrected chi connectivity index (χ3v) is 4.64. The molecule has 3 rings (SSSR count). The molecule has 20 heavy (non-hydrogen) atoms. The van der Waals surface area contributed by atoms with Crippen LogP contribution in [0.5, 0.6) is 5.75 Å². The average Bonchev–Trinajstić information content (AvgIpc) is 2.77. The van der Waals surface area contributed by atoms with E-state index in [1.165, 1.54) is 5.41 Å². The molecule has 0 bridgehead atoms. The zero-order valence-electron chi connectivity index (χ0n) is 10.8. The Morgan fingerprint density at radius 1 is 1.10 bits per heavy atom. The normalized spacial score (nSPS) is 16.7. The van der Waals surface area contributed by atoms with E-state index in [2.05, 4.69) is 4.98 Å². The van der Waals surface area contributed by atoms with E-state index in [9.17, 15) is 9.11 Å². The van der Waals surface area contributed by atoms with Gasteiger partial charge in [-0.05, 0) is 30.3 Å². The third-order valence-electron chi connectivity index (χ3n) is 3.12. The van der Waals surface area contributed by atoms with Crippen molar-refractivity contribution in [1.29, 1.82) is 0 Å². The van der Waals surface area contributed by atoms with E-state index in [1.807, 2.05) is 24.3 Å². The summed E-state index contributed by atoms with van der Waals surface area (Å²) in [5.74, 6) is 0.673. The van der Waals surface area contributed by atoms with Gasteiger partial charge in [0.2, 0.25) is 0 Å². The molecule has 5 heteroatoms. The minimum atomic E-state index is -2.78. The van der Waals surface area contributed by atoms with Crippen molar-refractivity contribution in [2.75, 3.05) is 6.61 Å². The van der Waals surface area contributed by atoms with Crippen molar-refractivity contribution in [3.63, 3.8) is 0 Å². The first-order valence-corrected chi connectivity index (χ1v) is 7.90. The van der Waals surface area contributed by atoms with E-state index in [0.717, 1.165) is 11.3 Å². The summed E-state index contributed by atoms with van der Waals surface area (Å²) in [7, 11) is -2.78. The van der Waals surface area contributed by atoms with E-state index in [4.69, 9.17) is 4.74 Å². The van der Waals surface area contributed by atoms with E-state index < -0.39 is 10.6 Å². The molecule has 0 amide bonds. The van der Waals surface area contributed by atoms with Gasteiger partial charge >= 0.3 is 0 Å². The Balaban J connectivity index is 1.71. The average molecular weight is 289 g/mol. The summed E-state index contributed by atoms with van der Waals surface area (Å²) in [5, 5.41) is 1.43. The van der Waals surface area contributed by atoms with E-state index in [0.29, 0.717) is 23.7 Å². The maximum Gasteiger partial charge on any atom is 0.128 e. The van der Waals surface area contributed by atoms with Crippen molar-refractivity contribution in [3.8, 4) is 5.75 Å². The number of hydrogen-bond acceptors (Lipinski definition) is 4. The van der Waals surface area contributed by atoms with Crippen LogP contribution in [0.2, 0.25) is 0 Å². The number of fused-ring (bicyclic) bond motifs is 1. The fourth-order valence-electron chi connectivity index (χ4n) is 2.12. The van der Waals surface area contributed by atoms with Crippen molar-refractivity contribution in [2.24, 2.45) is 0 Å². The maximum atomic E-state index is 9.86. The fraction of sp³-hybridized carbons (Fsp3) is 0.133. The Bertz CT molecular complexity index is 641. The number of nitrogens with zero attached hydrogens (tertiary/aromatic N) is 1. The molecule has 2 aromatic rings. The maximum absolute atomic E-state index is 9.86. The first-order chi connectivity index (χ1) is 9.67. The lowest BCUT2D eigenvalue weighted by atomic mass is 10.2. The van der Waals surface area contributed by atoms with Crippen LogP contribution in [0.1, 0.15) is 11.3 Å². The summed E-state index contributed by atoms with van der Waals surface area (Å²) in [4.78, 5) is 4.77. The Morgan fingerprint density at radius 2 is 2.00 bits per heavy atom. The topological polar surface area (TPSA) is 62.6 Å². The van der Waals surface area contributed by atoms with Crippen LogP contribution in [0, 0.1) is 0 Å². The van der Waals surface area contributed by atoms with Crippen LogP contribution in [-0.4, -0.2) is 20.7 Å². The number of benzene rings is 1. The molecule has 1 aromatic carbocycles. The lowest BCUT2D eigenvalue weighted by Crippen LogP contribution is -2.04. The lowest BCUT2D eigenvalue weighted by molar-refractivity contribution is 0.319. The summed E-state index contributed by atoms with van der Waals surface area (Å²) in [6.45, 7) is 0.500. The van der Waals surface area contributed by atoms with Crippen molar-refractivity contribution >= 4 is 16.7 Å². The van der Waals surface area contributed by atoms with Gasteiger partial charge in [-0.3, -0.25) is 14.1 Å². The SMILES string of the molecule is OS1(O)C=Cc2c(OCCc3ccccn3)cccc21. The smallest absolute Gasteiger partial charge is 0.128 e. The number of ether oxygens (including phenoxy) is 1. The molecule has 104 valence electrons. The second-order valence-electron chi connectivity index (χ2n) is 4.48. The number of aromatic nitrogens is 1. The molecule has 0 spiro atoms. The zero-order valence-corrected chi connectivity index (χ0v) is 11.6. The highest BCUT2D eigenvalue weighted by molar-refractivity contribution is 8.27. The Kier molecular flexibility index (Phi) is 3.48. The second kappa shape index (κ2) is 5.28. The van der Waals surface area contributed by atoms with Crippen LogP contribution >= 0.6 is 10.6 Å². The van der Waals surface area contributed by atoms with E-state index >= 15 is 0 Å². The Morgan fingerprint density at radius 3 is 2.80 bits per heavy atom. The zero-order chi connectivity index (χ0) is 14.0. The highest BCUT2D eigenvalue weighted by Crippen LogP contribution is 2.57. The molecule has 0 aliphatic carbocycles. The molecule has 0 saturated carbocycles. The predicted octanol–water partition coefficient (Wildman–Crippen LogP) is 3.80. The van der Waals surface area contributed by atoms with Crippen LogP contribution in [0.15, 0.2) is 52.9 Å². The first kappa shape index (κ1) is 13.2. The lowest BCUT2D eigenvalue weighted by Gasteiger charge is -2.25. The molecule has 1 aromatic heterocycles. The standard InChI is InChI=1S/C15H15NO3S/c17-20(18)11-8-13-14(5-3-6-15(13)20)19-10-7-12-4-1-2-9-16-12/h1-6,8-9,11,17-18H,7,10H2. The van der Waals surface area contributed by atoms with Gasteiger partial charge in [0, 0.05) is 29.3 Å². The second-order valence-corrected chi connectivity index (χ2v) is 6.38. The van der Waals surface area contributed by atoms with Gasteiger partial charge in [0.25, 0.3) is 0 Å². The Labute approximate surface area is 119 Å². The highest BCUT2D eigenvalue weighted by atomic mass is 32.3. The van der Waals surface area contributed by atoms with Gasteiger partial charge in [-0.2, -0.15) is 0 Å². The van der Waals surface area contributed by atoms with Crippen LogP contribution < -0.4 is 4.74 Å². The summed E-state index contributed by atoms with van der Waals surface area (Å²) >= 11 is 0. The quantitative estimate of drug-likeness (QED) is 0.898. The monoisotopic (exact) mass is 289 g/mol. The first-order valence-electron chi connectivity index (χ1n) is 6.29. The van der Waals surface area contributed by atoms with Crippen molar-refractivity contribution in [3.05, 3.63) is 59.3 Å². The third kappa shape index (κ3) is 2.56. The molecule has 0 atom stereocenters. The summed E-state index contributed by atoms with van der Waals surface area (Å²) in [6.07, 6.45) is 4.18. The van der Waals surface area contributed by atoms with Crippen LogP contribution in [0.4, 0.5) is 0 Å². The van der Waals surface area contributed by atoms with Gasteiger partial charge in [0.05, 0.1) is 11.5 Å². The van der Waals surface area contributed by atoms with Crippen molar-refractivity contribution in [2.45, 2.75) is 11.3 Å². The highest BCUT2D eigenvalue weighted by Gasteiger charge is 2.23. The van der Waals surface area contributed by atoms with Gasteiger partial charge in [-0.25, -0.2) is 0 Å². The van der Waals surface area contributed by atoms with Crippen LogP contribution in [0.3, 0.4) is 0 Å². The van der Waals surface area contributed by atoms with Gasteiger partial charge in [-0.15, -0.1) is 10.6 Å². The van der Waals surface area contributed by atoms with Crippen molar-refractivity contribution in [1.82, 2.24) is 4.98 Å². The number of hydrogen-bond donors (Lipinski definition) is 2.